The van der Waals surface area contributed by atoms with Gasteiger partial charge in [0.1, 0.15) is 0 Å². The van der Waals surface area contributed by atoms with Crippen molar-refractivity contribution >= 4 is 17.4 Å². The van der Waals surface area contributed by atoms with Gasteiger partial charge in [-0.1, -0.05) is 31.5 Å². The summed E-state index contributed by atoms with van der Waals surface area (Å²) in [5.74, 6) is 0.902. The van der Waals surface area contributed by atoms with Crippen LogP contribution >= 0.6 is 11.6 Å². The fourth-order valence-corrected chi connectivity index (χ4v) is 3.01. The fourth-order valence-electron chi connectivity index (χ4n) is 2.67. The van der Waals surface area contributed by atoms with E-state index in [4.69, 9.17) is 11.6 Å². The second kappa shape index (κ2) is 6.57. The van der Waals surface area contributed by atoms with Gasteiger partial charge in [-0.15, -0.1) is 0 Å². The van der Waals surface area contributed by atoms with Crippen LogP contribution < -0.4 is 0 Å². The highest BCUT2D eigenvalue weighted by Gasteiger charge is 2.21. The Hall–Kier alpha value is -1.09. The first-order valence-corrected chi connectivity index (χ1v) is 7.90. The molecule has 1 unspecified atom stereocenters. The Balaban J connectivity index is 2.17. The monoisotopic (exact) mass is 294 g/mol. The molecule has 0 aromatic carbocycles. The van der Waals surface area contributed by atoms with Gasteiger partial charge in [0.15, 0.2) is 5.78 Å². The second-order valence-electron chi connectivity index (χ2n) is 5.59. The second-order valence-corrected chi connectivity index (χ2v) is 5.96. The van der Waals surface area contributed by atoms with Crippen LogP contribution in [0.3, 0.4) is 0 Å². The van der Waals surface area contributed by atoms with Gasteiger partial charge in [-0.3, -0.25) is 9.48 Å². The first-order valence-electron chi connectivity index (χ1n) is 7.53. The summed E-state index contributed by atoms with van der Waals surface area (Å²) in [5.41, 5.74) is 2.74. The molecule has 2 rings (SSSR count). The zero-order valence-corrected chi connectivity index (χ0v) is 13.3. The molecule has 0 N–H and O–H groups in total. The summed E-state index contributed by atoms with van der Waals surface area (Å²) in [6, 6.07) is 0. The Kier molecular flexibility index (Phi) is 5.03. The molecule has 0 spiro atoms. The highest BCUT2D eigenvalue weighted by Crippen LogP contribution is 2.27. The number of hydrogen-bond acceptors (Lipinski definition) is 2. The molecule has 0 aliphatic heterocycles. The fraction of sp³-hybridized carbons (Fsp3) is 0.625. The molecule has 0 amide bonds. The van der Waals surface area contributed by atoms with Gasteiger partial charge >= 0.3 is 0 Å². The number of allylic oxidation sites excluding steroid dienone is 2. The number of halogens is 1. The van der Waals surface area contributed by atoms with Gasteiger partial charge in [-0.05, 0) is 44.1 Å². The van der Waals surface area contributed by atoms with Crippen molar-refractivity contribution in [2.24, 2.45) is 5.92 Å². The number of aromatic nitrogens is 2. The number of hydrogen-bond donors (Lipinski definition) is 0. The minimum atomic E-state index is 0.205. The van der Waals surface area contributed by atoms with E-state index in [-0.39, 0.29) is 5.78 Å². The average Bonchev–Trinajstić information content (AvgIpc) is 2.76. The minimum Gasteiger partial charge on any atom is -0.294 e. The van der Waals surface area contributed by atoms with E-state index in [1.807, 2.05) is 18.5 Å². The summed E-state index contributed by atoms with van der Waals surface area (Å²) >= 11 is 6.36. The first-order chi connectivity index (χ1) is 9.56. The normalized spacial score (nSPS) is 19.0. The Labute approximate surface area is 126 Å². The van der Waals surface area contributed by atoms with Crippen LogP contribution in [-0.2, 0) is 24.2 Å². The van der Waals surface area contributed by atoms with Crippen molar-refractivity contribution in [3.63, 3.8) is 0 Å². The largest absolute Gasteiger partial charge is 0.294 e. The lowest BCUT2D eigenvalue weighted by atomic mass is 9.88. The van der Waals surface area contributed by atoms with Crippen LogP contribution in [0.1, 0.15) is 51.4 Å². The maximum absolute atomic E-state index is 12.4. The van der Waals surface area contributed by atoms with Crippen molar-refractivity contribution in [1.29, 1.82) is 0 Å². The highest BCUT2D eigenvalue weighted by atomic mass is 35.5. The number of carbonyl (C=O) groups excluding carboxylic acids is 1. The molecule has 3 nitrogen and oxygen atoms in total. The van der Waals surface area contributed by atoms with Crippen LogP contribution in [-0.4, -0.2) is 15.6 Å². The Bertz CT molecular complexity index is 531. The lowest BCUT2D eigenvalue weighted by Gasteiger charge is -2.17. The SMILES string of the molecule is CCc1nn(CC)c(CC(=O)C2=CCC(C)CC2)c1Cl. The van der Waals surface area contributed by atoms with E-state index in [0.717, 1.165) is 49.2 Å². The summed E-state index contributed by atoms with van der Waals surface area (Å²) in [4.78, 5) is 12.4. The molecule has 0 bridgehead atoms. The van der Waals surface area contributed by atoms with Crippen LogP contribution in [0.5, 0.6) is 0 Å². The smallest absolute Gasteiger partial charge is 0.164 e. The van der Waals surface area contributed by atoms with E-state index in [2.05, 4.69) is 18.1 Å². The summed E-state index contributed by atoms with van der Waals surface area (Å²) in [7, 11) is 0. The van der Waals surface area contributed by atoms with Crippen molar-refractivity contribution in [3.05, 3.63) is 28.1 Å². The highest BCUT2D eigenvalue weighted by molar-refractivity contribution is 6.32. The molecule has 1 aromatic rings. The van der Waals surface area contributed by atoms with Crippen molar-refractivity contribution in [2.75, 3.05) is 0 Å². The molecule has 0 saturated heterocycles. The number of aryl methyl sites for hydroxylation is 2. The van der Waals surface area contributed by atoms with Gasteiger partial charge < -0.3 is 0 Å². The molecule has 1 aliphatic carbocycles. The van der Waals surface area contributed by atoms with E-state index in [1.165, 1.54) is 0 Å². The summed E-state index contributed by atoms with van der Waals surface area (Å²) in [5, 5.41) is 5.14. The molecule has 0 saturated carbocycles. The van der Waals surface area contributed by atoms with Crippen molar-refractivity contribution in [3.8, 4) is 0 Å². The standard InChI is InChI=1S/C16H23ClN2O/c1-4-13-16(17)14(19(5-2)18-13)10-15(20)12-8-6-11(3)7-9-12/h8,11H,4-7,9-10H2,1-3H3. The van der Waals surface area contributed by atoms with Crippen molar-refractivity contribution in [1.82, 2.24) is 9.78 Å². The summed E-state index contributed by atoms with van der Waals surface area (Å²) in [6.45, 7) is 7.04. The van der Waals surface area contributed by atoms with Crippen LogP contribution in [0.4, 0.5) is 0 Å². The van der Waals surface area contributed by atoms with Gasteiger partial charge in [-0.2, -0.15) is 5.10 Å². The van der Waals surface area contributed by atoms with E-state index in [9.17, 15) is 4.79 Å². The van der Waals surface area contributed by atoms with Crippen molar-refractivity contribution in [2.45, 2.75) is 59.4 Å². The Morgan fingerprint density at radius 2 is 2.25 bits per heavy atom. The van der Waals surface area contributed by atoms with Crippen LogP contribution in [0.2, 0.25) is 5.02 Å². The molecule has 20 heavy (non-hydrogen) atoms. The van der Waals surface area contributed by atoms with E-state index < -0.39 is 0 Å². The molecule has 1 aromatic heterocycles. The number of ketones is 1. The molecule has 1 aliphatic rings. The molecular formula is C16H23ClN2O. The third kappa shape index (κ3) is 3.14. The van der Waals surface area contributed by atoms with Crippen LogP contribution in [0.25, 0.3) is 0 Å². The number of nitrogens with zero attached hydrogens (tertiary/aromatic N) is 2. The van der Waals surface area contributed by atoms with Crippen LogP contribution in [0, 0.1) is 5.92 Å². The Morgan fingerprint density at radius 3 is 2.80 bits per heavy atom. The molecule has 0 radical (unpaired) electrons. The molecule has 1 atom stereocenters. The molecule has 1 heterocycles. The van der Waals surface area contributed by atoms with Gasteiger partial charge in [-0.25, -0.2) is 0 Å². The predicted molar refractivity (Wildman–Crippen MR) is 82.1 cm³/mol. The van der Waals surface area contributed by atoms with Gasteiger partial charge in [0, 0.05) is 6.54 Å². The molecular weight excluding hydrogens is 272 g/mol. The topological polar surface area (TPSA) is 34.9 Å². The van der Waals surface area contributed by atoms with Crippen molar-refractivity contribution < 1.29 is 4.79 Å². The lowest BCUT2D eigenvalue weighted by molar-refractivity contribution is -0.115. The van der Waals surface area contributed by atoms with Gasteiger partial charge in [0.25, 0.3) is 0 Å². The van der Waals surface area contributed by atoms with E-state index in [1.54, 1.807) is 0 Å². The molecule has 4 heteroatoms. The minimum absolute atomic E-state index is 0.205. The quantitative estimate of drug-likeness (QED) is 0.823. The number of carbonyl (C=O) groups is 1. The molecule has 0 fully saturated rings. The predicted octanol–water partition coefficient (Wildman–Crippen LogP) is 3.98. The maximum Gasteiger partial charge on any atom is 0.164 e. The Morgan fingerprint density at radius 1 is 1.50 bits per heavy atom. The van der Waals surface area contributed by atoms with E-state index >= 15 is 0 Å². The first kappa shape index (κ1) is 15.3. The van der Waals surface area contributed by atoms with Gasteiger partial charge in [0.2, 0.25) is 0 Å². The van der Waals surface area contributed by atoms with Crippen LogP contribution in [0.15, 0.2) is 11.6 Å². The lowest BCUT2D eigenvalue weighted by Crippen LogP contribution is -2.14. The molecule has 110 valence electrons. The number of rotatable bonds is 5. The van der Waals surface area contributed by atoms with Gasteiger partial charge in [0.05, 0.1) is 22.8 Å². The third-order valence-electron chi connectivity index (χ3n) is 4.05. The average molecular weight is 295 g/mol. The number of Topliss-reactive ketones (excluding diaryl/α,β-unsaturated/α-hetero) is 1. The zero-order valence-electron chi connectivity index (χ0n) is 12.6. The van der Waals surface area contributed by atoms with E-state index in [0.29, 0.717) is 17.4 Å². The summed E-state index contributed by atoms with van der Waals surface area (Å²) < 4.78 is 1.87. The zero-order chi connectivity index (χ0) is 14.7. The third-order valence-corrected chi connectivity index (χ3v) is 4.49. The maximum atomic E-state index is 12.4. The summed E-state index contributed by atoms with van der Waals surface area (Å²) in [6.07, 6.45) is 6.31.